The highest BCUT2D eigenvalue weighted by atomic mass is 35.5. The van der Waals surface area contributed by atoms with Gasteiger partial charge < -0.3 is 5.11 Å². The molecular weight excluding hydrogens is 220 g/mol. The van der Waals surface area contributed by atoms with Gasteiger partial charge in [0.1, 0.15) is 0 Å². The molecule has 0 heterocycles. The minimum atomic E-state index is 0.00416. The number of halogens is 1. The zero-order valence-corrected chi connectivity index (χ0v) is 9.67. The van der Waals surface area contributed by atoms with Crippen molar-refractivity contribution in [1.82, 2.24) is 0 Å². The topological polar surface area (TPSA) is 20.2 Å². The second-order valence-corrected chi connectivity index (χ2v) is 4.99. The molecule has 0 bridgehead atoms. The third kappa shape index (κ3) is 1.35. The maximum Gasteiger partial charge on any atom is 0.0528 e. The zero-order chi connectivity index (χ0) is 11.2. The Hall–Kier alpha value is -1.05. The summed E-state index contributed by atoms with van der Waals surface area (Å²) in [7, 11) is 0. The molecule has 16 heavy (non-hydrogen) atoms. The average Bonchev–Trinajstić information content (AvgIpc) is 3.10. The van der Waals surface area contributed by atoms with Crippen molar-refractivity contribution in [3.05, 3.63) is 47.0 Å². The first-order valence-corrected chi connectivity index (χ1v) is 5.93. The molecule has 0 aliphatic heterocycles. The molecule has 1 aliphatic rings. The van der Waals surface area contributed by atoms with Crippen molar-refractivity contribution in [2.45, 2.75) is 18.3 Å². The predicted octanol–water partition coefficient (Wildman–Crippen LogP) is 3.52. The lowest BCUT2D eigenvalue weighted by molar-refractivity contribution is 0.256. The van der Waals surface area contributed by atoms with Crippen LogP contribution in [0.3, 0.4) is 0 Å². The van der Waals surface area contributed by atoms with Crippen LogP contribution in [-0.4, -0.2) is 11.7 Å². The molecule has 0 unspecified atom stereocenters. The van der Waals surface area contributed by atoms with Gasteiger partial charge in [-0.15, -0.1) is 0 Å². The molecule has 1 N–H and O–H groups in total. The Morgan fingerprint density at radius 2 is 1.75 bits per heavy atom. The van der Waals surface area contributed by atoms with E-state index in [0.29, 0.717) is 0 Å². The lowest BCUT2D eigenvalue weighted by Gasteiger charge is -2.15. The number of hydrogen-bond donors (Lipinski definition) is 1. The summed E-state index contributed by atoms with van der Waals surface area (Å²) in [6.45, 7) is 0.235. The van der Waals surface area contributed by atoms with Crippen LogP contribution in [0.1, 0.15) is 18.4 Å². The Bertz CT molecular complexity index is 543. The summed E-state index contributed by atoms with van der Waals surface area (Å²) in [5.41, 5.74) is 1.25. The zero-order valence-electron chi connectivity index (χ0n) is 8.91. The Kier molecular flexibility index (Phi) is 2.20. The van der Waals surface area contributed by atoms with E-state index in [-0.39, 0.29) is 12.0 Å². The van der Waals surface area contributed by atoms with Crippen LogP contribution in [0.5, 0.6) is 0 Å². The van der Waals surface area contributed by atoms with Crippen LogP contribution < -0.4 is 0 Å². The van der Waals surface area contributed by atoms with Crippen molar-refractivity contribution >= 4 is 22.4 Å². The molecule has 2 aromatic carbocycles. The monoisotopic (exact) mass is 232 g/mol. The van der Waals surface area contributed by atoms with Crippen LogP contribution in [0.25, 0.3) is 10.8 Å². The van der Waals surface area contributed by atoms with Gasteiger partial charge in [-0.2, -0.15) is 0 Å². The SMILES string of the molecule is OCC1(c2cccc3c(Cl)cccc23)CC1. The second-order valence-electron chi connectivity index (χ2n) is 4.58. The first-order chi connectivity index (χ1) is 7.77. The minimum absolute atomic E-state index is 0.00416. The molecule has 1 fully saturated rings. The molecule has 82 valence electrons. The largest absolute Gasteiger partial charge is 0.395 e. The maximum atomic E-state index is 9.51. The number of rotatable bonds is 2. The molecule has 2 heteroatoms. The standard InChI is InChI=1S/C14H13ClO/c15-13-6-2-3-10-11(13)4-1-5-12(10)14(9-16)7-8-14/h1-6,16H,7-9H2. The second kappa shape index (κ2) is 3.47. The molecule has 1 saturated carbocycles. The first kappa shape index (κ1) is 10.1. The van der Waals surface area contributed by atoms with Gasteiger partial charge in [0.25, 0.3) is 0 Å². The fourth-order valence-electron chi connectivity index (χ4n) is 2.40. The lowest BCUT2D eigenvalue weighted by atomic mass is 9.91. The van der Waals surface area contributed by atoms with Crippen molar-refractivity contribution in [3.8, 4) is 0 Å². The normalized spacial score (nSPS) is 17.6. The molecule has 0 radical (unpaired) electrons. The van der Waals surface area contributed by atoms with Crippen molar-refractivity contribution in [2.75, 3.05) is 6.61 Å². The number of aliphatic hydroxyl groups excluding tert-OH is 1. The number of benzene rings is 2. The van der Waals surface area contributed by atoms with Crippen LogP contribution in [0.15, 0.2) is 36.4 Å². The quantitative estimate of drug-likeness (QED) is 0.840. The van der Waals surface area contributed by atoms with E-state index >= 15 is 0 Å². The summed E-state index contributed by atoms with van der Waals surface area (Å²) < 4.78 is 0. The third-order valence-electron chi connectivity index (χ3n) is 3.60. The maximum absolute atomic E-state index is 9.51. The van der Waals surface area contributed by atoms with E-state index < -0.39 is 0 Å². The van der Waals surface area contributed by atoms with Crippen molar-refractivity contribution < 1.29 is 5.11 Å². The van der Waals surface area contributed by atoms with E-state index in [1.165, 1.54) is 10.9 Å². The van der Waals surface area contributed by atoms with Crippen molar-refractivity contribution in [3.63, 3.8) is 0 Å². The van der Waals surface area contributed by atoms with Gasteiger partial charge >= 0.3 is 0 Å². The van der Waals surface area contributed by atoms with Gasteiger partial charge in [0.2, 0.25) is 0 Å². The Labute approximate surface area is 99.7 Å². The third-order valence-corrected chi connectivity index (χ3v) is 3.93. The lowest BCUT2D eigenvalue weighted by Crippen LogP contribution is -2.12. The first-order valence-electron chi connectivity index (χ1n) is 5.55. The molecule has 0 aromatic heterocycles. The summed E-state index contributed by atoms with van der Waals surface area (Å²) in [5.74, 6) is 0. The van der Waals surface area contributed by atoms with Crippen LogP contribution >= 0.6 is 11.6 Å². The summed E-state index contributed by atoms with van der Waals surface area (Å²) >= 11 is 6.18. The molecule has 0 saturated heterocycles. The molecule has 0 atom stereocenters. The summed E-state index contributed by atoms with van der Waals surface area (Å²) in [6.07, 6.45) is 2.16. The smallest absolute Gasteiger partial charge is 0.0528 e. The van der Waals surface area contributed by atoms with Crippen molar-refractivity contribution in [2.24, 2.45) is 0 Å². The van der Waals surface area contributed by atoms with E-state index in [1.54, 1.807) is 0 Å². The van der Waals surface area contributed by atoms with Crippen LogP contribution in [0.4, 0.5) is 0 Å². The number of fused-ring (bicyclic) bond motifs is 1. The Balaban J connectivity index is 2.30. The number of aliphatic hydroxyl groups is 1. The summed E-state index contributed by atoms with van der Waals surface area (Å²) in [5, 5.41) is 12.6. The summed E-state index contributed by atoms with van der Waals surface area (Å²) in [4.78, 5) is 0. The van der Waals surface area contributed by atoms with Crippen LogP contribution in [0, 0.1) is 0 Å². The highest BCUT2D eigenvalue weighted by Crippen LogP contribution is 2.50. The van der Waals surface area contributed by atoms with Gasteiger partial charge in [-0.3, -0.25) is 0 Å². The van der Waals surface area contributed by atoms with Crippen LogP contribution in [0.2, 0.25) is 5.02 Å². The minimum Gasteiger partial charge on any atom is -0.395 e. The van der Waals surface area contributed by atoms with E-state index in [1.807, 2.05) is 24.3 Å². The van der Waals surface area contributed by atoms with E-state index in [9.17, 15) is 5.11 Å². The van der Waals surface area contributed by atoms with Gasteiger partial charge in [0.15, 0.2) is 0 Å². The number of hydrogen-bond acceptors (Lipinski definition) is 1. The molecule has 1 nitrogen and oxygen atoms in total. The van der Waals surface area contributed by atoms with E-state index in [4.69, 9.17) is 11.6 Å². The fourth-order valence-corrected chi connectivity index (χ4v) is 2.64. The van der Waals surface area contributed by atoms with Gasteiger partial charge in [0, 0.05) is 15.8 Å². The Morgan fingerprint density at radius 1 is 1.06 bits per heavy atom. The molecule has 0 amide bonds. The predicted molar refractivity (Wildman–Crippen MR) is 67.0 cm³/mol. The van der Waals surface area contributed by atoms with E-state index in [0.717, 1.165) is 23.3 Å². The highest BCUT2D eigenvalue weighted by molar-refractivity contribution is 6.35. The van der Waals surface area contributed by atoms with Gasteiger partial charge in [0.05, 0.1) is 6.61 Å². The average molecular weight is 233 g/mol. The van der Waals surface area contributed by atoms with Gasteiger partial charge in [-0.05, 0) is 29.9 Å². The molecule has 0 spiro atoms. The molecular formula is C14H13ClO. The van der Waals surface area contributed by atoms with Crippen molar-refractivity contribution in [1.29, 1.82) is 0 Å². The van der Waals surface area contributed by atoms with Gasteiger partial charge in [-0.25, -0.2) is 0 Å². The highest BCUT2D eigenvalue weighted by Gasteiger charge is 2.44. The summed E-state index contributed by atoms with van der Waals surface area (Å²) in [6, 6.07) is 12.1. The molecule has 2 aromatic rings. The van der Waals surface area contributed by atoms with E-state index in [2.05, 4.69) is 12.1 Å². The molecule has 1 aliphatic carbocycles. The van der Waals surface area contributed by atoms with Gasteiger partial charge in [-0.1, -0.05) is 41.9 Å². The van der Waals surface area contributed by atoms with Crippen LogP contribution in [-0.2, 0) is 5.41 Å². The fraction of sp³-hybridized carbons (Fsp3) is 0.286. The molecule has 3 rings (SSSR count). The Morgan fingerprint density at radius 3 is 2.44 bits per heavy atom.